The highest BCUT2D eigenvalue weighted by molar-refractivity contribution is 5.98. The SMILES string of the molecule is C[C@H]1CN([C@@H](C)CO)C(=O)c2cc(-c3cccnc3)cnc2O[C@H]1CN(C)C. The minimum atomic E-state index is -0.289. The molecule has 2 aromatic rings. The lowest BCUT2D eigenvalue weighted by Crippen LogP contribution is -2.49. The number of aliphatic hydroxyl groups is 1. The van der Waals surface area contributed by atoms with E-state index in [0.717, 1.165) is 11.1 Å². The van der Waals surface area contributed by atoms with Gasteiger partial charge in [0.2, 0.25) is 5.88 Å². The van der Waals surface area contributed by atoms with Gasteiger partial charge in [-0.3, -0.25) is 9.78 Å². The van der Waals surface area contributed by atoms with Crippen LogP contribution in [0.3, 0.4) is 0 Å². The Bertz CT molecular complexity index is 813. The molecule has 0 unspecified atom stereocenters. The van der Waals surface area contributed by atoms with Crippen LogP contribution in [0.1, 0.15) is 24.2 Å². The molecule has 1 aliphatic rings. The van der Waals surface area contributed by atoms with Gasteiger partial charge in [-0.25, -0.2) is 4.98 Å². The number of fused-ring (bicyclic) bond motifs is 1. The van der Waals surface area contributed by atoms with E-state index >= 15 is 0 Å². The van der Waals surface area contributed by atoms with Gasteiger partial charge in [0.15, 0.2) is 0 Å². The average Bonchev–Trinajstić information content (AvgIpc) is 2.70. The molecule has 0 aromatic carbocycles. The Kier molecular flexibility index (Phi) is 6.26. The Labute approximate surface area is 166 Å². The van der Waals surface area contributed by atoms with E-state index in [1.54, 1.807) is 23.5 Å². The summed E-state index contributed by atoms with van der Waals surface area (Å²) in [5.74, 6) is 0.254. The van der Waals surface area contributed by atoms with Crippen molar-refractivity contribution in [1.82, 2.24) is 19.8 Å². The van der Waals surface area contributed by atoms with Crippen LogP contribution in [-0.4, -0.2) is 76.7 Å². The summed E-state index contributed by atoms with van der Waals surface area (Å²) in [5.41, 5.74) is 2.10. The van der Waals surface area contributed by atoms with Gasteiger partial charge in [0.1, 0.15) is 11.7 Å². The number of carbonyl (C=O) groups is 1. The summed E-state index contributed by atoms with van der Waals surface area (Å²) in [5, 5.41) is 9.69. The van der Waals surface area contributed by atoms with E-state index in [2.05, 4.69) is 21.8 Å². The first kappa shape index (κ1) is 20.2. The van der Waals surface area contributed by atoms with E-state index in [4.69, 9.17) is 4.74 Å². The summed E-state index contributed by atoms with van der Waals surface area (Å²) in [6.07, 6.45) is 5.04. The number of likely N-dealkylation sites (N-methyl/N-ethyl adjacent to an activating group) is 1. The minimum absolute atomic E-state index is 0.0910. The number of nitrogens with zero attached hydrogens (tertiary/aromatic N) is 4. The molecule has 2 aromatic heterocycles. The van der Waals surface area contributed by atoms with Crippen LogP contribution in [0, 0.1) is 5.92 Å². The second-order valence-corrected chi connectivity index (χ2v) is 7.70. The maximum atomic E-state index is 13.3. The van der Waals surface area contributed by atoms with Gasteiger partial charge in [-0.05, 0) is 33.2 Å². The summed E-state index contributed by atoms with van der Waals surface area (Å²) in [4.78, 5) is 25.7. The van der Waals surface area contributed by atoms with Gasteiger partial charge in [-0.1, -0.05) is 13.0 Å². The lowest BCUT2D eigenvalue weighted by atomic mass is 9.99. The van der Waals surface area contributed by atoms with Crippen LogP contribution in [0.4, 0.5) is 0 Å². The summed E-state index contributed by atoms with van der Waals surface area (Å²) in [6, 6.07) is 5.29. The second-order valence-electron chi connectivity index (χ2n) is 7.70. The summed E-state index contributed by atoms with van der Waals surface area (Å²) < 4.78 is 6.20. The third kappa shape index (κ3) is 4.31. The maximum absolute atomic E-state index is 13.3. The normalized spacial score (nSPS) is 20.9. The van der Waals surface area contributed by atoms with Crippen LogP contribution >= 0.6 is 0 Å². The lowest BCUT2D eigenvalue weighted by Gasteiger charge is -2.37. The zero-order valence-electron chi connectivity index (χ0n) is 16.9. The monoisotopic (exact) mass is 384 g/mol. The van der Waals surface area contributed by atoms with Crippen LogP contribution < -0.4 is 4.74 Å². The smallest absolute Gasteiger partial charge is 0.259 e. The lowest BCUT2D eigenvalue weighted by molar-refractivity contribution is 0.0348. The van der Waals surface area contributed by atoms with Crippen molar-refractivity contribution in [3.63, 3.8) is 0 Å². The van der Waals surface area contributed by atoms with Crippen LogP contribution in [0.5, 0.6) is 5.88 Å². The molecule has 150 valence electrons. The predicted molar refractivity (Wildman–Crippen MR) is 107 cm³/mol. The van der Waals surface area contributed by atoms with Gasteiger partial charge >= 0.3 is 0 Å². The number of carbonyl (C=O) groups excluding carboxylic acids is 1. The Morgan fingerprint density at radius 1 is 1.36 bits per heavy atom. The Hall–Kier alpha value is -2.51. The number of aromatic nitrogens is 2. The highest BCUT2D eigenvalue weighted by Gasteiger charge is 2.33. The van der Waals surface area contributed by atoms with Crippen LogP contribution in [0.15, 0.2) is 36.8 Å². The summed E-state index contributed by atoms with van der Waals surface area (Å²) in [7, 11) is 3.99. The molecule has 7 heteroatoms. The molecule has 0 radical (unpaired) electrons. The molecule has 0 saturated carbocycles. The fraction of sp³-hybridized carbons (Fsp3) is 0.476. The number of rotatable bonds is 5. The zero-order valence-corrected chi connectivity index (χ0v) is 16.9. The van der Waals surface area contributed by atoms with Crippen LogP contribution in [-0.2, 0) is 0 Å². The van der Waals surface area contributed by atoms with E-state index in [0.29, 0.717) is 24.5 Å². The zero-order chi connectivity index (χ0) is 20.3. The fourth-order valence-electron chi connectivity index (χ4n) is 3.37. The predicted octanol–water partition coefficient (Wildman–Crippen LogP) is 1.93. The van der Waals surface area contributed by atoms with Crippen molar-refractivity contribution in [1.29, 1.82) is 0 Å². The van der Waals surface area contributed by atoms with Crippen LogP contribution in [0.2, 0.25) is 0 Å². The molecule has 1 amide bonds. The molecule has 3 rings (SSSR count). The third-order valence-electron chi connectivity index (χ3n) is 5.06. The van der Waals surface area contributed by atoms with E-state index in [-0.39, 0.29) is 30.6 Å². The highest BCUT2D eigenvalue weighted by atomic mass is 16.5. The fourth-order valence-corrected chi connectivity index (χ4v) is 3.37. The molecule has 0 saturated heterocycles. The summed E-state index contributed by atoms with van der Waals surface area (Å²) >= 11 is 0. The Morgan fingerprint density at radius 3 is 2.79 bits per heavy atom. The van der Waals surface area contributed by atoms with Gasteiger partial charge in [-0.15, -0.1) is 0 Å². The van der Waals surface area contributed by atoms with Gasteiger partial charge in [0, 0.05) is 48.7 Å². The second kappa shape index (κ2) is 8.67. The van der Waals surface area contributed by atoms with E-state index in [1.165, 1.54) is 0 Å². The minimum Gasteiger partial charge on any atom is -0.472 e. The van der Waals surface area contributed by atoms with E-state index in [1.807, 2.05) is 39.2 Å². The van der Waals surface area contributed by atoms with Gasteiger partial charge < -0.3 is 19.6 Å². The first-order valence-electron chi connectivity index (χ1n) is 9.54. The molecule has 3 atom stereocenters. The number of aliphatic hydroxyl groups excluding tert-OH is 1. The topological polar surface area (TPSA) is 78.8 Å². The van der Waals surface area contributed by atoms with Crippen molar-refractivity contribution >= 4 is 5.91 Å². The molecule has 1 aliphatic heterocycles. The van der Waals surface area contributed by atoms with Crippen molar-refractivity contribution in [2.75, 3.05) is 33.8 Å². The van der Waals surface area contributed by atoms with E-state index in [9.17, 15) is 9.90 Å². The molecule has 7 nitrogen and oxygen atoms in total. The number of amides is 1. The van der Waals surface area contributed by atoms with Crippen molar-refractivity contribution in [3.05, 3.63) is 42.4 Å². The van der Waals surface area contributed by atoms with Crippen molar-refractivity contribution < 1.29 is 14.6 Å². The van der Waals surface area contributed by atoms with E-state index < -0.39 is 0 Å². The molecule has 0 aliphatic carbocycles. The highest BCUT2D eigenvalue weighted by Crippen LogP contribution is 2.30. The number of hydrogen-bond acceptors (Lipinski definition) is 6. The molecule has 3 heterocycles. The van der Waals surface area contributed by atoms with Crippen molar-refractivity contribution in [2.24, 2.45) is 5.92 Å². The Morgan fingerprint density at radius 2 is 2.14 bits per heavy atom. The standard InChI is InChI=1S/C21H28N4O3/c1-14-11-25(15(2)13-26)21(27)18-8-17(16-6-5-7-22-9-16)10-23-20(18)28-19(14)12-24(3)4/h5-10,14-15,19,26H,11-13H2,1-4H3/t14-,15-,19-/m0/s1. The number of ether oxygens (including phenoxy) is 1. The molecule has 28 heavy (non-hydrogen) atoms. The first-order valence-corrected chi connectivity index (χ1v) is 9.54. The molecule has 0 spiro atoms. The number of pyridine rings is 2. The molecular weight excluding hydrogens is 356 g/mol. The maximum Gasteiger partial charge on any atom is 0.259 e. The third-order valence-corrected chi connectivity index (χ3v) is 5.06. The largest absolute Gasteiger partial charge is 0.472 e. The van der Waals surface area contributed by atoms with Gasteiger partial charge in [-0.2, -0.15) is 0 Å². The van der Waals surface area contributed by atoms with Crippen molar-refractivity contribution in [2.45, 2.75) is 26.0 Å². The average molecular weight is 384 g/mol. The molecular formula is C21H28N4O3. The van der Waals surface area contributed by atoms with Gasteiger partial charge in [0.25, 0.3) is 5.91 Å². The number of hydrogen-bond donors (Lipinski definition) is 1. The van der Waals surface area contributed by atoms with Crippen molar-refractivity contribution in [3.8, 4) is 17.0 Å². The molecule has 0 fully saturated rings. The molecule has 0 bridgehead atoms. The van der Waals surface area contributed by atoms with Gasteiger partial charge in [0.05, 0.1) is 12.6 Å². The molecule has 1 N–H and O–H groups in total. The quantitative estimate of drug-likeness (QED) is 0.849. The Balaban J connectivity index is 2.06. The summed E-state index contributed by atoms with van der Waals surface area (Å²) in [6.45, 7) is 5.04. The first-order chi connectivity index (χ1) is 13.4. The van der Waals surface area contributed by atoms with Crippen LogP contribution in [0.25, 0.3) is 11.1 Å².